The normalized spacial score (nSPS) is 25.7. The monoisotopic (exact) mass is 153 g/mol. The van der Waals surface area contributed by atoms with Crippen LogP contribution < -0.4 is 0 Å². The van der Waals surface area contributed by atoms with Crippen molar-refractivity contribution in [3.8, 4) is 0 Å². The summed E-state index contributed by atoms with van der Waals surface area (Å²) in [5, 5.41) is 0. The third kappa shape index (κ3) is 2.66. The minimum Gasteiger partial charge on any atom is -0.303 e. The highest BCUT2D eigenvalue weighted by atomic mass is 15.1. The van der Waals surface area contributed by atoms with Gasteiger partial charge in [-0.1, -0.05) is 6.08 Å². The van der Waals surface area contributed by atoms with Crippen LogP contribution >= 0.6 is 0 Å². The second-order valence-corrected chi connectivity index (χ2v) is 3.50. The lowest BCUT2D eigenvalue weighted by Crippen LogP contribution is -2.24. The summed E-state index contributed by atoms with van der Waals surface area (Å²) in [6.07, 6.45) is 8.70. The summed E-state index contributed by atoms with van der Waals surface area (Å²) in [5.41, 5.74) is 0. The molecule has 64 valence electrons. The van der Waals surface area contributed by atoms with Gasteiger partial charge < -0.3 is 4.90 Å². The molecule has 0 N–H and O–H groups in total. The van der Waals surface area contributed by atoms with E-state index >= 15 is 0 Å². The molecule has 1 aliphatic rings. The second kappa shape index (κ2) is 4.55. The lowest BCUT2D eigenvalue weighted by atomic mass is 10.1. The van der Waals surface area contributed by atoms with Crippen LogP contribution in [0.3, 0.4) is 0 Å². The zero-order chi connectivity index (χ0) is 8.10. The Morgan fingerprint density at radius 2 is 2.45 bits per heavy atom. The summed E-state index contributed by atoms with van der Waals surface area (Å²) in [6.45, 7) is 5.03. The summed E-state index contributed by atoms with van der Waals surface area (Å²) >= 11 is 0. The summed E-state index contributed by atoms with van der Waals surface area (Å²) in [5.74, 6) is 0. The van der Waals surface area contributed by atoms with Crippen LogP contribution in [-0.4, -0.2) is 24.5 Å². The van der Waals surface area contributed by atoms with Crippen LogP contribution in [0, 0.1) is 0 Å². The Morgan fingerprint density at radius 3 is 3.00 bits per heavy atom. The molecule has 0 aromatic heterocycles. The molecule has 1 saturated heterocycles. The highest BCUT2D eigenvalue weighted by Gasteiger charge is 2.19. The van der Waals surface area contributed by atoms with Crippen LogP contribution in [0.4, 0.5) is 0 Å². The Kier molecular flexibility index (Phi) is 3.64. The summed E-state index contributed by atoms with van der Waals surface area (Å²) in [7, 11) is 2.24. The Balaban J connectivity index is 2.10. The average molecular weight is 153 g/mol. The fraction of sp³-hybridized carbons (Fsp3) is 0.800. The number of allylic oxidation sites excluding steroid dienone is 1. The lowest BCUT2D eigenvalue weighted by Gasteiger charge is -2.18. The van der Waals surface area contributed by atoms with Gasteiger partial charge in [0.1, 0.15) is 0 Å². The third-order valence-electron chi connectivity index (χ3n) is 2.62. The molecule has 0 spiro atoms. The molecule has 1 aliphatic heterocycles. The van der Waals surface area contributed by atoms with Crippen molar-refractivity contribution >= 4 is 0 Å². The smallest absolute Gasteiger partial charge is 0.00927 e. The van der Waals surface area contributed by atoms with E-state index in [9.17, 15) is 0 Å². The molecule has 0 amide bonds. The maximum atomic E-state index is 3.73. The molecule has 0 radical (unpaired) electrons. The molecule has 1 rings (SSSR count). The Morgan fingerprint density at radius 1 is 1.64 bits per heavy atom. The fourth-order valence-electron chi connectivity index (χ4n) is 1.84. The van der Waals surface area contributed by atoms with Gasteiger partial charge in [-0.3, -0.25) is 0 Å². The Labute approximate surface area is 70.1 Å². The topological polar surface area (TPSA) is 3.24 Å². The van der Waals surface area contributed by atoms with E-state index in [0.717, 1.165) is 6.04 Å². The molecule has 1 atom stereocenters. The molecule has 0 bridgehead atoms. The Bertz CT molecular complexity index is 120. The summed E-state index contributed by atoms with van der Waals surface area (Å²) in [4.78, 5) is 2.49. The van der Waals surface area contributed by atoms with Crippen molar-refractivity contribution in [3.05, 3.63) is 12.7 Å². The van der Waals surface area contributed by atoms with Crippen LogP contribution in [0.15, 0.2) is 12.7 Å². The molecule has 1 heterocycles. The standard InChI is InChI=1S/C10H19N/c1-3-4-5-7-10-8-6-9-11(10)2/h3,10H,1,4-9H2,2H3. The molecule has 11 heavy (non-hydrogen) atoms. The number of nitrogens with zero attached hydrogens (tertiary/aromatic N) is 1. The van der Waals surface area contributed by atoms with Gasteiger partial charge in [0.05, 0.1) is 0 Å². The first-order chi connectivity index (χ1) is 5.34. The summed E-state index contributed by atoms with van der Waals surface area (Å²) in [6, 6.07) is 0.870. The van der Waals surface area contributed by atoms with Gasteiger partial charge in [-0.2, -0.15) is 0 Å². The number of hydrogen-bond donors (Lipinski definition) is 0. The minimum absolute atomic E-state index is 0.870. The molecule has 0 aromatic carbocycles. The highest BCUT2D eigenvalue weighted by molar-refractivity contribution is 4.77. The largest absolute Gasteiger partial charge is 0.303 e. The van der Waals surface area contributed by atoms with E-state index in [-0.39, 0.29) is 0 Å². The maximum Gasteiger partial charge on any atom is 0.00927 e. The van der Waals surface area contributed by atoms with Gasteiger partial charge in [0, 0.05) is 6.04 Å². The van der Waals surface area contributed by atoms with Crippen molar-refractivity contribution in [2.24, 2.45) is 0 Å². The van der Waals surface area contributed by atoms with Gasteiger partial charge >= 0.3 is 0 Å². The molecule has 1 unspecified atom stereocenters. The first kappa shape index (κ1) is 8.79. The minimum atomic E-state index is 0.870. The van der Waals surface area contributed by atoms with E-state index in [1.165, 1.54) is 38.6 Å². The quantitative estimate of drug-likeness (QED) is 0.443. The fourth-order valence-corrected chi connectivity index (χ4v) is 1.84. The molecule has 0 saturated carbocycles. The molecular weight excluding hydrogens is 134 g/mol. The first-order valence-electron chi connectivity index (χ1n) is 4.65. The van der Waals surface area contributed by atoms with Crippen LogP contribution in [0.2, 0.25) is 0 Å². The molecule has 0 aromatic rings. The van der Waals surface area contributed by atoms with Gasteiger partial charge in [-0.25, -0.2) is 0 Å². The van der Waals surface area contributed by atoms with Crippen molar-refractivity contribution in [2.45, 2.75) is 38.1 Å². The van der Waals surface area contributed by atoms with Gasteiger partial charge in [0.15, 0.2) is 0 Å². The van der Waals surface area contributed by atoms with Crippen molar-refractivity contribution in [3.63, 3.8) is 0 Å². The first-order valence-corrected chi connectivity index (χ1v) is 4.65. The van der Waals surface area contributed by atoms with Crippen LogP contribution in [-0.2, 0) is 0 Å². The zero-order valence-electron chi connectivity index (χ0n) is 7.55. The molecule has 1 heteroatoms. The number of rotatable bonds is 4. The van der Waals surface area contributed by atoms with Crippen molar-refractivity contribution < 1.29 is 0 Å². The van der Waals surface area contributed by atoms with Crippen molar-refractivity contribution in [1.82, 2.24) is 4.90 Å². The predicted molar refractivity (Wildman–Crippen MR) is 49.7 cm³/mol. The van der Waals surface area contributed by atoms with E-state index in [2.05, 4.69) is 18.5 Å². The van der Waals surface area contributed by atoms with Gasteiger partial charge in [0.25, 0.3) is 0 Å². The molecule has 1 fully saturated rings. The number of likely N-dealkylation sites (tertiary alicyclic amines) is 1. The van der Waals surface area contributed by atoms with Gasteiger partial charge in [-0.15, -0.1) is 6.58 Å². The molecule has 0 aliphatic carbocycles. The lowest BCUT2D eigenvalue weighted by molar-refractivity contribution is 0.292. The molecule has 1 nitrogen and oxygen atoms in total. The van der Waals surface area contributed by atoms with E-state index in [1.54, 1.807) is 0 Å². The average Bonchev–Trinajstić information content (AvgIpc) is 2.37. The number of unbranched alkanes of at least 4 members (excludes halogenated alkanes) is 1. The SMILES string of the molecule is C=CCCCC1CCCN1C. The summed E-state index contributed by atoms with van der Waals surface area (Å²) < 4.78 is 0. The third-order valence-corrected chi connectivity index (χ3v) is 2.62. The van der Waals surface area contributed by atoms with Crippen LogP contribution in [0.5, 0.6) is 0 Å². The van der Waals surface area contributed by atoms with E-state index in [0.29, 0.717) is 0 Å². The second-order valence-electron chi connectivity index (χ2n) is 3.50. The maximum absolute atomic E-state index is 3.73. The van der Waals surface area contributed by atoms with E-state index < -0.39 is 0 Å². The number of hydrogen-bond acceptors (Lipinski definition) is 1. The van der Waals surface area contributed by atoms with E-state index in [4.69, 9.17) is 0 Å². The van der Waals surface area contributed by atoms with Gasteiger partial charge in [0.2, 0.25) is 0 Å². The van der Waals surface area contributed by atoms with Crippen molar-refractivity contribution in [2.75, 3.05) is 13.6 Å². The Hall–Kier alpha value is -0.300. The predicted octanol–water partition coefficient (Wildman–Crippen LogP) is 2.44. The van der Waals surface area contributed by atoms with Crippen LogP contribution in [0.25, 0.3) is 0 Å². The van der Waals surface area contributed by atoms with Crippen LogP contribution in [0.1, 0.15) is 32.1 Å². The molecular formula is C10H19N. The van der Waals surface area contributed by atoms with Crippen molar-refractivity contribution in [1.29, 1.82) is 0 Å². The van der Waals surface area contributed by atoms with E-state index in [1.807, 2.05) is 6.08 Å². The highest BCUT2D eigenvalue weighted by Crippen LogP contribution is 2.19. The van der Waals surface area contributed by atoms with Gasteiger partial charge in [-0.05, 0) is 45.7 Å². The zero-order valence-corrected chi connectivity index (χ0v) is 7.55.